The van der Waals surface area contributed by atoms with E-state index in [4.69, 9.17) is 9.47 Å². The number of aliphatic imine (C=N–C) groups is 1. The lowest BCUT2D eigenvalue weighted by Crippen LogP contribution is -1.92. The van der Waals surface area contributed by atoms with Gasteiger partial charge in [-0.2, -0.15) is 0 Å². The van der Waals surface area contributed by atoms with Crippen LogP contribution in [-0.2, 0) is 9.47 Å². The Bertz CT molecular complexity index is 349. The molecule has 0 spiro atoms. The Morgan fingerprint density at radius 3 is 2.25 bits per heavy atom. The van der Waals surface area contributed by atoms with Gasteiger partial charge in [0, 0.05) is 6.20 Å². The van der Waals surface area contributed by atoms with Gasteiger partial charge < -0.3 is 9.47 Å². The van der Waals surface area contributed by atoms with E-state index in [-0.39, 0.29) is 0 Å². The maximum atomic E-state index is 5.21. The summed E-state index contributed by atoms with van der Waals surface area (Å²) in [6.07, 6.45) is 5.25. The van der Waals surface area contributed by atoms with Crippen molar-refractivity contribution in [2.45, 2.75) is 13.8 Å². The highest BCUT2D eigenvalue weighted by Crippen LogP contribution is 2.15. The zero-order valence-electron chi connectivity index (χ0n) is 10.4. The van der Waals surface area contributed by atoms with Gasteiger partial charge in [-0.15, -0.1) is 0 Å². The summed E-state index contributed by atoms with van der Waals surface area (Å²) in [5, 5.41) is 0. The summed E-state index contributed by atoms with van der Waals surface area (Å²) in [5.74, 6) is 1.40. The molecule has 0 aliphatic carbocycles. The van der Waals surface area contributed by atoms with Crippen LogP contribution in [0.4, 0.5) is 0 Å². The number of rotatable bonds is 6. The first-order chi connectivity index (χ1) is 7.56. The first-order valence-corrected chi connectivity index (χ1v) is 4.85. The summed E-state index contributed by atoms with van der Waals surface area (Å²) in [6.45, 7) is 11.0. The van der Waals surface area contributed by atoms with Gasteiger partial charge >= 0.3 is 0 Å². The third kappa shape index (κ3) is 4.64. The molecule has 0 aromatic rings. The highest BCUT2D eigenvalue weighted by atomic mass is 16.5. The van der Waals surface area contributed by atoms with Gasteiger partial charge in [0.25, 0.3) is 0 Å². The first kappa shape index (κ1) is 14.2. The van der Waals surface area contributed by atoms with Crippen LogP contribution in [0.1, 0.15) is 13.8 Å². The lowest BCUT2D eigenvalue weighted by molar-refractivity contribution is 0.232. The average Bonchev–Trinajstić information content (AvgIpc) is 2.31. The van der Waals surface area contributed by atoms with E-state index in [1.165, 1.54) is 0 Å². The molecule has 0 bridgehead atoms. The van der Waals surface area contributed by atoms with Crippen molar-refractivity contribution in [2.75, 3.05) is 14.2 Å². The fraction of sp³-hybridized carbons (Fsp3) is 0.308. The molecule has 0 aromatic heterocycles. The molecule has 0 atom stereocenters. The van der Waals surface area contributed by atoms with E-state index >= 15 is 0 Å². The Morgan fingerprint density at radius 2 is 1.81 bits per heavy atom. The van der Waals surface area contributed by atoms with Crippen molar-refractivity contribution in [3.05, 3.63) is 47.6 Å². The van der Waals surface area contributed by atoms with Crippen LogP contribution < -0.4 is 0 Å². The van der Waals surface area contributed by atoms with Crippen LogP contribution in [-0.4, -0.2) is 20.9 Å². The van der Waals surface area contributed by atoms with Crippen LogP contribution in [0.5, 0.6) is 0 Å². The number of ether oxygens (including phenoxy) is 2. The molecule has 16 heavy (non-hydrogen) atoms. The molecule has 0 N–H and O–H groups in total. The average molecular weight is 221 g/mol. The van der Waals surface area contributed by atoms with Crippen LogP contribution in [0.2, 0.25) is 0 Å². The number of hydrogen-bond donors (Lipinski definition) is 0. The summed E-state index contributed by atoms with van der Waals surface area (Å²) in [5.41, 5.74) is 1.83. The number of methoxy groups -OCH3 is 2. The van der Waals surface area contributed by atoms with Crippen molar-refractivity contribution in [1.29, 1.82) is 0 Å². The van der Waals surface area contributed by atoms with Crippen molar-refractivity contribution >= 4 is 6.72 Å². The van der Waals surface area contributed by atoms with E-state index in [1.807, 2.05) is 19.9 Å². The molecule has 0 aliphatic rings. The Kier molecular flexibility index (Phi) is 6.68. The maximum Gasteiger partial charge on any atom is 0.156 e. The van der Waals surface area contributed by atoms with Gasteiger partial charge in [-0.1, -0.05) is 6.58 Å². The van der Waals surface area contributed by atoms with Gasteiger partial charge in [-0.25, -0.2) is 0 Å². The number of hydrogen-bond acceptors (Lipinski definition) is 3. The minimum absolute atomic E-state index is 0.682. The molecule has 3 heteroatoms. The van der Waals surface area contributed by atoms with Gasteiger partial charge in [-0.3, -0.25) is 4.99 Å². The van der Waals surface area contributed by atoms with Crippen LogP contribution in [0.3, 0.4) is 0 Å². The standard InChI is InChI=1S/C13H19NO2/c1-10(7-8-14-4)11(2)9-13(16-6)12(3)15-5/h7-9H,1,4H2,2-3,5-6H3. The Morgan fingerprint density at radius 1 is 1.19 bits per heavy atom. The molecule has 0 aromatic carbocycles. The van der Waals surface area contributed by atoms with E-state index in [1.54, 1.807) is 26.5 Å². The molecule has 88 valence electrons. The first-order valence-electron chi connectivity index (χ1n) is 4.85. The van der Waals surface area contributed by atoms with Gasteiger partial charge in [0.1, 0.15) is 5.76 Å². The summed E-state index contributed by atoms with van der Waals surface area (Å²) in [6, 6.07) is 0. The minimum Gasteiger partial charge on any atom is -0.498 e. The van der Waals surface area contributed by atoms with E-state index in [9.17, 15) is 0 Å². The minimum atomic E-state index is 0.682. The molecule has 0 aliphatic heterocycles. The Balaban J connectivity index is 4.94. The lowest BCUT2D eigenvalue weighted by atomic mass is 10.1. The van der Waals surface area contributed by atoms with Crippen LogP contribution in [0, 0.1) is 0 Å². The Labute approximate surface area is 97.5 Å². The topological polar surface area (TPSA) is 30.8 Å². The molecular formula is C13H19NO2. The third-order valence-corrected chi connectivity index (χ3v) is 2.11. The second-order valence-corrected chi connectivity index (χ2v) is 3.18. The lowest BCUT2D eigenvalue weighted by Gasteiger charge is -2.07. The molecule has 0 saturated heterocycles. The van der Waals surface area contributed by atoms with Crippen molar-refractivity contribution in [2.24, 2.45) is 4.99 Å². The van der Waals surface area contributed by atoms with Gasteiger partial charge in [0.15, 0.2) is 5.76 Å². The Hall–Kier alpha value is -1.77. The van der Waals surface area contributed by atoms with E-state index in [2.05, 4.69) is 18.3 Å². The van der Waals surface area contributed by atoms with Gasteiger partial charge in [0.2, 0.25) is 0 Å². The summed E-state index contributed by atoms with van der Waals surface area (Å²) >= 11 is 0. The predicted molar refractivity (Wildman–Crippen MR) is 68.3 cm³/mol. The molecule has 0 amide bonds. The van der Waals surface area contributed by atoms with Crippen LogP contribution in [0.15, 0.2) is 52.6 Å². The maximum absolute atomic E-state index is 5.21. The smallest absolute Gasteiger partial charge is 0.156 e. The number of nitrogens with zero attached hydrogens (tertiary/aromatic N) is 1. The van der Waals surface area contributed by atoms with Crippen molar-refractivity contribution < 1.29 is 9.47 Å². The van der Waals surface area contributed by atoms with Crippen LogP contribution in [0.25, 0.3) is 0 Å². The summed E-state index contributed by atoms with van der Waals surface area (Å²) < 4.78 is 10.3. The third-order valence-electron chi connectivity index (χ3n) is 2.11. The molecule has 0 rings (SSSR count). The van der Waals surface area contributed by atoms with Crippen molar-refractivity contribution in [3.63, 3.8) is 0 Å². The fourth-order valence-electron chi connectivity index (χ4n) is 0.968. The largest absolute Gasteiger partial charge is 0.498 e. The van der Waals surface area contributed by atoms with E-state index in [0.29, 0.717) is 5.76 Å². The summed E-state index contributed by atoms with van der Waals surface area (Å²) in [7, 11) is 3.21. The highest BCUT2D eigenvalue weighted by molar-refractivity contribution is 5.40. The van der Waals surface area contributed by atoms with Gasteiger partial charge in [-0.05, 0) is 43.9 Å². The monoisotopic (exact) mass is 221 g/mol. The molecule has 0 heterocycles. The predicted octanol–water partition coefficient (Wildman–Crippen LogP) is 3.23. The highest BCUT2D eigenvalue weighted by Gasteiger charge is 2.01. The molecule has 0 fully saturated rings. The SMILES string of the molecule is C=NC=CC(=C)C(C)=CC(OC)=C(C)OC. The second kappa shape index (κ2) is 7.51. The van der Waals surface area contributed by atoms with E-state index in [0.717, 1.165) is 16.9 Å². The summed E-state index contributed by atoms with van der Waals surface area (Å²) in [4.78, 5) is 3.62. The van der Waals surface area contributed by atoms with Crippen molar-refractivity contribution in [1.82, 2.24) is 0 Å². The normalized spacial score (nSPS) is 13.4. The number of allylic oxidation sites excluding steroid dienone is 5. The van der Waals surface area contributed by atoms with Gasteiger partial charge in [0.05, 0.1) is 14.2 Å². The van der Waals surface area contributed by atoms with E-state index < -0.39 is 0 Å². The molecular weight excluding hydrogens is 202 g/mol. The molecule has 3 nitrogen and oxygen atoms in total. The molecule has 0 radical (unpaired) electrons. The zero-order valence-corrected chi connectivity index (χ0v) is 10.4. The van der Waals surface area contributed by atoms with Crippen molar-refractivity contribution in [3.8, 4) is 0 Å². The zero-order chi connectivity index (χ0) is 12.6. The van der Waals surface area contributed by atoms with Crippen LogP contribution >= 0.6 is 0 Å². The quantitative estimate of drug-likeness (QED) is 0.391. The molecule has 0 saturated carbocycles. The molecule has 0 unspecified atom stereocenters. The second-order valence-electron chi connectivity index (χ2n) is 3.18. The fourth-order valence-corrected chi connectivity index (χ4v) is 0.968.